The summed E-state index contributed by atoms with van der Waals surface area (Å²) in [6.45, 7) is 1.57. The number of hydrogen-bond donors (Lipinski definition) is 1. The fourth-order valence-electron chi connectivity index (χ4n) is 2.19. The quantitative estimate of drug-likeness (QED) is 0.609. The molecule has 0 aromatic rings. The summed E-state index contributed by atoms with van der Waals surface area (Å²) in [7, 11) is 0. The van der Waals surface area contributed by atoms with Gasteiger partial charge in [0.1, 0.15) is 0 Å². The van der Waals surface area contributed by atoms with E-state index in [0.717, 1.165) is 26.1 Å². The average Bonchev–Trinajstić information content (AvgIpc) is 2.40. The molecule has 0 amide bonds. The maximum absolute atomic E-state index is 10.6. The summed E-state index contributed by atoms with van der Waals surface area (Å²) in [5.74, 6) is 0.362. The summed E-state index contributed by atoms with van der Waals surface area (Å²) in [5.41, 5.74) is 0. The molecule has 1 N–H and O–H groups in total. The van der Waals surface area contributed by atoms with E-state index in [4.69, 9.17) is 9.84 Å². The molecule has 0 spiro atoms. The molecule has 62 valence electrons. The number of carboxylic acids is 1. The molecular weight excluding hydrogens is 144 g/mol. The molecule has 0 radical (unpaired) electrons. The van der Waals surface area contributed by atoms with Crippen molar-refractivity contribution in [1.29, 1.82) is 0 Å². The van der Waals surface area contributed by atoms with E-state index in [1.807, 2.05) is 0 Å². The van der Waals surface area contributed by atoms with Crippen LogP contribution in [0.2, 0.25) is 0 Å². The van der Waals surface area contributed by atoms with Crippen molar-refractivity contribution in [2.45, 2.75) is 12.8 Å². The van der Waals surface area contributed by atoms with E-state index in [9.17, 15) is 4.79 Å². The Morgan fingerprint density at radius 1 is 1.27 bits per heavy atom. The number of fused-ring (bicyclic) bond motifs is 1. The van der Waals surface area contributed by atoms with E-state index >= 15 is 0 Å². The number of aliphatic carboxylic acids is 1. The van der Waals surface area contributed by atoms with Gasteiger partial charge >= 0.3 is 5.97 Å². The highest BCUT2D eigenvalue weighted by atomic mass is 16.5. The molecule has 0 aromatic carbocycles. The van der Waals surface area contributed by atoms with Gasteiger partial charge in [-0.05, 0) is 24.7 Å². The molecule has 1 saturated carbocycles. The van der Waals surface area contributed by atoms with Gasteiger partial charge in [0.2, 0.25) is 0 Å². The van der Waals surface area contributed by atoms with Gasteiger partial charge in [-0.25, -0.2) is 0 Å². The first-order valence-electron chi connectivity index (χ1n) is 4.08. The van der Waals surface area contributed by atoms with Gasteiger partial charge < -0.3 is 9.84 Å². The summed E-state index contributed by atoms with van der Waals surface area (Å²) in [4.78, 5) is 10.6. The molecule has 11 heavy (non-hydrogen) atoms. The van der Waals surface area contributed by atoms with Gasteiger partial charge in [-0.15, -0.1) is 0 Å². The van der Waals surface area contributed by atoms with Gasteiger partial charge in [0.25, 0.3) is 0 Å². The normalized spacial score (nSPS) is 37.5. The molecule has 3 heteroatoms. The van der Waals surface area contributed by atoms with Crippen LogP contribution >= 0.6 is 0 Å². The fraction of sp³-hybridized carbons (Fsp3) is 0.875. The van der Waals surface area contributed by atoms with Crippen LogP contribution in [0.3, 0.4) is 0 Å². The van der Waals surface area contributed by atoms with Gasteiger partial charge in [0.15, 0.2) is 0 Å². The van der Waals surface area contributed by atoms with Gasteiger partial charge in [-0.1, -0.05) is 0 Å². The molecular formula is C8H12O3. The Labute approximate surface area is 65.4 Å². The first kappa shape index (κ1) is 7.10. The minimum Gasteiger partial charge on any atom is -0.481 e. The van der Waals surface area contributed by atoms with Crippen LogP contribution in [0.4, 0.5) is 0 Å². The van der Waals surface area contributed by atoms with Crippen LogP contribution < -0.4 is 0 Å². The summed E-state index contributed by atoms with van der Waals surface area (Å²) in [6.07, 6.45) is 1.67. The fourth-order valence-corrected chi connectivity index (χ4v) is 2.19. The van der Waals surface area contributed by atoms with Crippen LogP contribution in [0.5, 0.6) is 0 Å². The molecule has 2 atom stereocenters. The van der Waals surface area contributed by atoms with E-state index < -0.39 is 5.97 Å². The Morgan fingerprint density at radius 3 is 2.27 bits per heavy atom. The number of rotatable bonds is 1. The Morgan fingerprint density at radius 2 is 1.82 bits per heavy atom. The summed E-state index contributed by atoms with van der Waals surface area (Å²) in [6, 6.07) is 0. The average molecular weight is 156 g/mol. The van der Waals surface area contributed by atoms with Crippen LogP contribution in [-0.4, -0.2) is 24.3 Å². The second kappa shape index (κ2) is 2.48. The smallest absolute Gasteiger partial charge is 0.306 e. The monoisotopic (exact) mass is 156 g/mol. The lowest BCUT2D eigenvalue weighted by molar-refractivity contribution is -0.141. The Bertz CT molecular complexity index is 166. The highest BCUT2D eigenvalue weighted by Crippen LogP contribution is 2.40. The molecule has 0 unspecified atom stereocenters. The van der Waals surface area contributed by atoms with Crippen LogP contribution in [0.1, 0.15) is 12.8 Å². The van der Waals surface area contributed by atoms with Gasteiger partial charge in [0.05, 0.1) is 5.92 Å². The van der Waals surface area contributed by atoms with Crippen molar-refractivity contribution < 1.29 is 14.6 Å². The van der Waals surface area contributed by atoms with Crippen LogP contribution in [-0.2, 0) is 9.53 Å². The van der Waals surface area contributed by atoms with E-state index in [-0.39, 0.29) is 5.92 Å². The lowest BCUT2D eigenvalue weighted by atomic mass is 10.0. The SMILES string of the molecule is O=C(O)C1C[C@@H]2COC[C@H]2C1. The molecule has 2 aliphatic rings. The van der Waals surface area contributed by atoms with E-state index in [2.05, 4.69) is 0 Å². The van der Waals surface area contributed by atoms with Gasteiger partial charge in [-0.3, -0.25) is 4.79 Å². The Hall–Kier alpha value is -0.570. The summed E-state index contributed by atoms with van der Waals surface area (Å²) < 4.78 is 5.25. The molecule has 1 aliphatic carbocycles. The molecule has 0 bridgehead atoms. The van der Waals surface area contributed by atoms with Gasteiger partial charge in [0, 0.05) is 13.2 Å². The molecule has 2 rings (SSSR count). The number of ether oxygens (including phenoxy) is 1. The van der Waals surface area contributed by atoms with Crippen molar-refractivity contribution in [2.24, 2.45) is 17.8 Å². The zero-order valence-electron chi connectivity index (χ0n) is 6.32. The predicted molar refractivity (Wildman–Crippen MR) is 38.2 cm³/mol. The van der Waals surface area contributed by atoms with Crippen LogP contribution in [0.15, 0.2) is 0 Å². The third kappa shape index (κ3) is 1.13. The first-order chi connectivity index (χ1) is 5.27. The number of carboxylic acid groups (broad SMARTS) is 1. The molecule has 1 heterocycles. The third-order valence-corrected chi connectivity index (χ3v) is 2.85. The van der Waals surface area contributed by atoms with Gasteiger partial charge in [-0.2, -0.15) is 0 Å². The zero-order valence-corrected chi connectivity index (χ0v) is 6.32. The van der Waals surface area contributed by atoms with E-state index in [1.165, 1.54) is 0 Å². The van der Waals surface area contributed by atoms with E-state index in [1.54, 1.807) is 0 Å². The lowest BCUT2D eigenvalue weighted by Crippen LogP contribution is -2.11. The van der Waals surface area contributed by atoms with Crippen molar-refractivity contribution in [3.8, 4) is 0 Å². The highest BCUT2D eigenvalue weighted by molar-refractivity contribution is 5.70. The largest absolute Gasteiger partial charge is 0.481 e. The molecule has 1 aliphatic heterocycles. The Balaban J connectivity index is 1.99. The minimum absolute atomic E-state index is 0.0890. The second-order valence-corrected chi connectivity index (χ2v) is 3.56. The molecule has 2 fully saturated rings. The Kier molecular flexibility index (Phi) is 1.60. The molecule has 3 nitrogen and oxygen atoms in total. The number of hydrogen-bond acceptors (Lipinski definition) is 2. The predicted octanol–water partition coefficient (Wildman–Crippen LogP) is 0.744. The highest BCUT2D eigenvalue weighted by Gasteiger charge is 2.40. The minimum atomic E-state index is -0.626. The zero-order chi connectivity index (χ0) is 7.84. The maximum Gasteiger partial charge on any atom is 0.306 e. The van der Waals surface area contributed by atoms with Crippen LogP contribution in [0, 0.1) is 17.8 Å². The van der Waals surface area contributed by atoms with Crippen molar-refractivity contribution in [2.75, 3.05) is 13.2 Å². The third-order valence-electron chi connectivity index (χ3n) is 2.85. The molecule has 0 aromatic heterocycles. The summed E-state index contributed by atoms with van der Waals surface area (Å²) >= 11 is 0. The summed E-state index contributed by atoms with van der Waals surface area (Å²) in [5, 5.41) is 8.73. The maximum atomic E-state index is 10.6. The van der Waals surface area contributed by atoms with Crippen molar-refractivity contribution >= 4 is 5.97 Å². The van der Waals surface area contributed by atoms with Crippen molar-refractivity contribution in [1.82, 2.24) is 0 Å². The number of carbonyl (C=O) groups is 1. The topological polar surface area (TPSA) is 46.5 Å². The van der Waals surface area contributed by atoms with Crippen molar-refractivity contribution in [3.05, 3.63) is 0 Å². The first-order valence-corrected chi connectivity index (χ1v) is 4.08. The van der Waals surface area contributed by atoms with E-state index in [0.29, 0.717) is 11.8 Å². The molecule has 1 saturated heterocycles. The second-order valence-electron chi connectivity index (χ2n) is 3.56. The van der Waals surface area contributed by atoms with Crippen molar-refractivity contribution in [3.63, 3.8) is 0 Å². The lowest BCUT2D eigenvalue weighted by Gasteiger charge is -2.03. The standard InChI is InChI=1S/C8H12O3/c9-8(10)5-1-6-3-11-4-7(6)2-5/h5-7H,1-4H2,(H,9,10)/t6-,7-/m1/s1. The van der Waals surface area contributed by atoms with Crippen LogP contribution in [0.25, 0.3) is 0 Å².